The Morgan fingerprint density at radius 1 is 1.38 bits per heavy atom. The lowest BCUT2D eigenvalue weighted by Gasteiger charge is -2.21. The molecular weight excluding hydrogens is 182 g/mol. The Morgan fingerprint density at radius 2 is 2.15 bits per heavy atom. The van der Waals surface area contributed by atoms with E-state index in [1.807, 2.05) is 6.92 Å². The van der Waals surface area contributed by atoms with E-state index in [2.05, 4.69) is 17.1 Å². The topological polar surface area (TPSA) is 21.3 Å². The van der Waals surface area contributed by atoms with Gasteiger partial charge in [-0.05, 0) is 43.7 Å². The van der Waals surface area contributed by atoms with Crippen molar-refractivity contribution in [1.82, 2.24) is 5.32 Å². The van der Waals surface area contributed by atoms with Gasteiger partial charge in [-0.3, -0.25) is 0 Å². The van der Waals surface area contributed by atoms with Gasteiger partial charge in [-0.2, -0.15) is 11.8 Å². The van der Waals surface area contributed by atoms with Crippen LogP contribution >= 0.6 is 11.8 Å². The summed E-state index contributed by atoms with van der Waals surface area (Å²) in [6, 6.07) is 0. The van der Waals surface area contributed by atoms with Gasteiger partial charge < -0.3 is 10.1 Å². The molecule has 0 bridgehead atoms. The first-order valence-electron chi connectivity index (χ1n) is 5.29. The van der Waals surface area contributed by atoms with Crippen LogP contribution in [0.2, 0.25) is 0 Å². The minimum absolute atomic E-state index is 0.835. The summed E-state index contributed by atoms with van der Waals surface area (Å²) in [6.07, 6.45) is 2.79. The van der Waals surface area contributed by atoms with Gasteiger partial charge in [0, 0.05) is 13.2 Å². The van der Waals surface area contributed by atoms with Crippen LogP contribution in [0.3, 0.4) is 0 Å². The molecule has 13 heavy (non-hydrogen) atoms. The van der Waals surface area contributed by atoms with Crippen molar-refractivity contribution in [1.29, 1.82) is 0 Å². The molecule has 0 atom stereocenters. The van der Waals surface area contributed by atoms with Gasteiger partial charge in [0.05, 0.1) is 6.61 Å². The summed E-state index contributed by atoms with van der Waals surface area (Å²) >= 11 is 2.09. The molecule has 1 fully saturated rings. The Hall–Kier alpha value is 0.270. The van der Waals surface area contributed by atoms with Crippen molar-refractivity contribution in [3.63, 3.8) is 0 Å². The van der Waals surface area contributed by atoms with Crippen molar-refractivity contribution in [2.45, 2.75) is 19.8 Å². The molecule has 2 nitrogen and oxygen atoms in total. The van der Waals surface area contributed by atoms with Crippen LogP contribution in [-0.4, -0.2) is 37.8 Å². The van der Waals surface area contributed by atoms with Gasteiger partial charge in [-0.1, -0.05) is 0 Å². The van der Waals surface area contributed by atoms with Crippen LogP contribution in [0.4, 0.5) is 0 Å². The Kier molecular flexibility index (Phi) is 6.68. The van der Waals surface area contributed by atoms with E-state index in [-0.39, 0.29) is 0 Å². The highest BCUT2D eigenvalue weighted by Crippen LogP contribution is 2.21. The normalized spacial score (nSPS) is 19.2. The summed E-state index contributed by atoms with van der Waals surface area (Å²) in [6.45, 7) is 5.93. The number of nitrogens with one attached hydrogen (secondary N) is 1. The zero-order chi connectivity index (χ0) is 9.36. The van der Waals surface area contributed by atoms with Crippen molar-refractivity contribution in [2.75, 3.05) is 37.8 Å². The minimum atomic E-state index is 0.835. The number of hydrogen-bond acceptors (Lipinski definition) is 3. The van der Waals surface area contributed by atoms with Crippen molar-refractivity contribution in [2.24, 2.45) is 5.92 Å². The van der Waals surface area contributed by atoms with Crippen LogP contribution in [0.5, 0.6) is 0 Å². The summed E-state index contributed by atoms with van der Waals surface area (Å²) in [4.78, 5) is 0. The Labute approximate surface area is 85.8 Å². The Morgan fingerprint density at radius 3 is 2.85 bits per heavy atom. The molecule has 1 heterocycles. The standard InChI is InChI=1S/C10H21NOS/c1-2-12-6-5-11-9-10-3-7-13-8-4-10/h10-11H,2-9H2,1H3. The maximum absolute atomic E-state index is 5.26. The molecule has 0 unspecified atom stereocenters. The lowest BCUT2D eigenvalue weighted by Crippen LogP contribution is -2.28. The summed E-state index contributed by atoms with van der Waals surface area (Å²) in [5.74, 6) is 3.64. The zero-order valence-electron chi connectivity index (χ0n) is 8.55. The highest BCUT2D eigenvalue weighted by Gasteiger charge is 2.12. The SMILES string of the molecule is CCOCCNCC1CCSCC1. The van der Waals surface area contributed by atoms with Gasteiger partial charge >= 0.3 is 0 Å². The van der Waals surface area contributed by atoms with Crippen LogP contribution in [0, 0.1) is 5.92 Å². The largest absolute Gasteiger partial charge is 0.380 e. The van der Waals surface area contributed by atoms with E-state index >= 15 is 0 Å². The van der Waals surface area contributed by atoms with Crippen molar-refractivity contribution < 1.29 is 4.74 Å². The Bertz CT molecular complexity index is 115. The molecule has 1 N–H and O–H groups in total. The van der Waals surface area contributed by atoms with Crippen molar-refractivity contribution in [3.8, 4) is 0 Å². The van der Waals surface area contributed by atoms with Gasteiger partial charge in [0.15, 0.2) is 0 Å². The number of thioether (sulfide) groups is 1. The summed E-state index contributed by atoms with van der Waals surface area (Å²) < 4.78 is 5.26. The molecule has 0 aromatic carbocycles. The third-order valence-electron chi connectivity index (χ3n) is 2.40. The summed E-state index contributed by atoms with van der Waals surface area (Å²) in [5, 5.41) is 3.46. The second kappa shape index (κ2) is 7.65. The van der Waals surface area contributed by atoms with Crippen LogP contribution in [0.15, 0.2) is 0 Å². The molecule has 1 saturated heterocycles. The molecule has 0 spiro atoms. The molecule has 0 radical (unpaired) electrons. The average molecular weight is 203 g/mol. The Balaban J connectivity index is 1.86. The lowest BCUT2D eigenvalue weighted by molar-refractivity contribution is 0.148. The number of ether oxygens (including phenoxy) is 1. The summed E-state index contributed by atoms with van der Waals surface area (Å²) in [7, 11) is 0. The fraction of sp³-hybridized carbons (Fsp3) is 1.00. The number of rotatable bonds is 6. The molecular formula is C10H21NOS. The third kappa shape index (κ3) is 5.55. The van der Waals surface area contributed by atoms with Gasteiger partial charge in [0.25, 0.3) is 0 Å². The molecule has 1 aliphatic heterocycles. The van der Waals surface area contributed by atoms with E-state index in [4.69, 9.17) is 4.74 Å². The smallest absolute Gasteiger partial charge is 0.0590 e. The van der Waals surface area contributed by atoms with Crippen molar-refractivity contribution in [3.05, 3.63) is 0 Å². The first-order valence-corrected chi connectivity index (χ1v) is 6.45. The van der Waals surface area contributed by atoms with Crippen LogP contribution in [-0.2, 0) is 4.74 Å². The molecule has 3 heteroatoms. The van der Waals surface area contributed by atoms with Crippen molar-refractivity contribution >= 4 is 11.8 Å². The van der Waals surface area contributed by atoms with E-state index in [0.29, 0.717) is 0 Å². The molecule has 1 rings (SSSR count). The maximum atomic E-state index is 5.26. The molecule has 78 valence electrons. The van der Waals surface area contributed by atoms with Crippen LogP contribution < -0.4 is 5.32 Å². The molecule has 0 amide bonds. The van der Waals surface area contributed by atoms with Gasteiger partial charge in [-0.25, -0.2) is 0 Å². The molecule has 0 aliphatic carbocycles. The van der Waals surface area contributed by atoms with E-state index in [1.165, 1.54) is 30.9 Å². The molecule has 1 aliphatic rings. The fourth-order valence-corrected chi connectivity index (χ4v) is 2.75. The predicted octanol–water partition coefficient (Wildman–Crippen LogP) is 1.76. The lowest BCUT2D eigenvalue weighted by atomic mass is 10.0. The van der Waals surface area contributed by atoms with Crippen LogP contribution in [0.25, 0.3) is 0 Å². The van der Waals surface area contributed by atoms with Crippen LogP contribution in [0.1, 0.15) is 19.8 Å². The molecule has 0 aromatic rings. The monoisotopic (exact) mass is 203 g/mol. The second-order valence-corrected chi connectivity index (χ2v) is 4.68. The van der Waals surface area contributed by atoms with E-state index in [0.717, 1.165) is 25.7 Å². The quantitative estimate of drug-likeness (QED) is 0.665. The molecule has 0 saturated carbocycles. The highest BCUT2D eigenvalue weighted by atomic mass is 32.2. The van der Waals surface area contributed by atoms with Gasteiger partial charge in [-0.15, -0.1) is 0 Å². The molecule has 0 aromatic heterocycles. The minimum Gasteiger partial charge on any atom is -0.380 e. The first kappa shape index (κ1) is 11.3. The highest BCUT2D eigenvalue weighted by molar-refractivity contribution is 7.99. The second-order valence-electron chi connectivity index (χ2n) is 3.46. The average Bonchev–Trinajstić information content (AvgIpc) is 2.19. The van der Waals surface area contributed by atoms with Gasteiger partial charge in [0.1, 0.15) is 0 Å². The van der Waals surface area contributed by atoms with E-state index < -0.39 is 0 Å². The number of hydrogen-bond donors (Lipinski definition) is 1. The third-order valence-corrected chi connectivity index (χ3v) is 3.45. The maximum Gasteiger partial charge on any atom is 0.0590 e. The first-order chi connectivity index (χ1) is 6.43. The predicted molar refractivity (Wildman–Crippen MR) is 59.4 cm³/mol. The van der Waals surface area contributed by atoms with E-state index in [1.54, 1.807) is 0 Å². The van der Waals surface area contributed by atoms with Gasteiger partial charge in [0.2, 0.25) is 0 Å². The zero-order valence-corrected chi connectivity index (χ0v) is 9.37. The fourth-order valence-electron chi connectivity index (χ4n) is 1.55. The summed E-state index contributed by atoms with van der Waals surface area (Å²) in [5.41, 5.74) is 0. The van der Waals surface area contributed by atoms with E-state index in [9.17, 15) is 0 Å².